The predicted octanol–water partition coefficient (Wildman–Crippen LogP) is 0.690. The summed E-state index contributed by atoms with van der Waals surface area (Å²) >= 11 is 1.18. The molecule has 1 unspecified atom stereocenters. The second-order valence-electron chi connectivity index (χ2n) is 3.09. The van der Waals surface area contributed by atoms with Crippen LogP contribution in [0, 0.1) is 0 Å². The second kappa shape index (κ2) is 5.62. The number of hydrogen-bond donors (Lipinski definition) is 3. The number of thioether (sulfide) groups is 1. The highest BCUT2D eigenvalue weighted by atomic mass is 32.2. The van der Waals surface area contributed by atoms with Crippen LogP contribution in [0.25, 0.3) is 0 Å². The highest BCUT2D eigenvalue weighted by molar-refractivity contribution is 7.99. The molecule has 0 saturated heterocycles. The third kappa shape index (κ3) is 3.32. The van der Waals surface area contributed by atoms with E-state index in [0.29, 0.717) is 4.90 Å². The van der Waals surface area contributed by atoms with Gasteiger partial charge in [0.2, 0.25) is 0 Å². The number of hydrogen-bond acceptors (Lipinski definition) is 6. The molecule has 0 radical (unpaired) electrons. The summed E-state index contributed by atoms with van der Waals surface area (Å²) in [6, 6.07) is 3.40. The highest BCUT2D eigenvalue weighted by Gasteiger charge is 2.15. The average Bonchev–Trinajstić information content (AvgIpc) is 2.28. The van der Waals surface area contributed by atoms with Crippen molar-refractivity contribution in [2.45, 2.75) is 10.9 Å². The number of rotatable bonds is 4. The minimum absolute atomic E-state index is 0.0415. The molecule has 0 spiro atoms. The first kappa shape index (κ1) is 12.7. The van der Waals surface area contributed by atoms with Crippen LogP contribution in [-0.4, -0.2) is 35.1 Å². The number of aromatic hydroxyl groups is 2. The van der Waals surface area contributed by atoms with Gasteiger partial charge in [0.15, 0.2) is 0 Å². The van der Waals surface area contributed by atoms with Crippen LogP contribution < -0.4 is 5.73 Å². The van der Waals surface area contributed by atoms with Crippen LogP contribution in [0.5, 0.6) is 11.5 Å². The lowest BCUT2D eigenvalue weighted by Crippen LogP contribution is -2.33. The average molecular weight is 243 g/mol. The van der Waals surface area contributed by atoms with Crippen molar-refractivity contribution in [3.63, 3.8) is 0 Å². The Bertz CT molecular complexity index is 383. The van der Waals surface area contributed by atoms with Gasteiger partial charge in [-0.2, -0.15) is 0 Å². The third-order valence-corrected chi connectivity index (χ3v) is 3.03. The SMILES string of the molecule is COC(=O)C(N)CSc1cc(O)ccc1O. The smallest absolute Gasteiger partial charge is 0.323 e. The number of ether oxygens (including phenoxy) is 1. The summed E-state index contributed by atoms with van der Waals surface area (Å²) in [5, 5.41) is 18.7. The van der Waals surface area contributed by atoms with Gasteiger partial charge in [-0.25, -0.2) is 0 Å². The Morgan fingerprint density at radius 2 is 2.25 bits per heavy atom. The Labute approximate surface area is 97.2 Å². The zero-order valence-corrected chi connectivity index (χ0v) is 9.53. The maximum Gasteiger partial charge on any atom is 0.323 e. The number of methoxy groups -OCH3 is 1. The molecule has 1 aromatic rings. The fraction of sp³-hybridized carbons (Fsp3) is 0.300. The van der Waals surface area contributed by atoms with Crippen LogP contribution in [0.2, 0.25) is 0 Å². The summed E-state index contributed by atoms with van der Waals surface area (Å²) < 4.78 is 4.47. The van der Waals surface area contributed by atoms with Gasteiger partial charge in [0.25, 0.3) is 0 Å². The molecule has 16 heavy (non-hydrogen) atoms. The van der Waals surface area contributed by atoms with E-state index in [4.69, 9.17) is 5.73 Å². The molecule has 5 nitrogen and oxygen atoms in total. The van der Waals surface area contributed by atoms with Crippen molar-refractivity contribution in [1.82, 2.24) is 0 Å². The first-order chi connectivity index (χ1) is 7.54. The molecule has 0 bridgehead atoms. The molecule has 0 amide bonds. The zero-order chi connectivity index (χ0) is 12.1. The van der Waals surface area contributed by atoms with E-state index in [2.05, 4.69) is 4.74 Å². The predicted molar refractivity (Wildman–Crippen MR) is 60.5 cm³/mol. The van der Waals surface area contributed by atoms with Crippen molar-refractivity contribution in [3.8, 4) is 11.5 Å². The monoisotopic (exact) mass is 243 g/mol. The molecule has 0 saturated carbocycles. The molecule has 1 atom stereocenters. The second-order valence-corrected chi connectivity index (χ2v) is 4.15. The Balaban J connectivity index is 2.60. The molecule has 0 heterocycles. The highest BCUT2D eigenvalue weighted by Crippen LogP contribution is 2.31. The summed E-state index contributed by atoms with van der Waals surface area (Å²) in [5.74, 6) is -0.150. The standard InChI is InChI=1S/C10H13NO4S/c1-15-10(14)7(11)5-16-9-4-6(12)2-3-8(9)13/h2-4,7,12-13H,5,11H2,1H3. The van der Waals surface area contributed by atoms with E-state index in [9.17, 15) is 15.0 Å². The number of nitrogens with two attached hydrogens (primary N) is 1. The maximum atomic E-state index is 11.0. The Hall–Kier alpha value is -1.40. The van der Waals surface area contributed by atoms with Crippen LogP contribution in [0.15, 0.2) is 23.1 Å². The molecule has 4 N–H and O–H groups in total. The van der Waals surface area contributed by atoms with Crippen LogP contribution in [0.3, 0.4) is 0 Å². The van der Waals surface area contributed by atoms with Crippen molar-refractivity contribution in [3.05, 3.63) is 18.2 Å². The van der Waals surface area contributed by atoms with E-state index >= 15 is 0 Å². The van der Waals surface area contributed by atoms with Gasteiger partial charge in [0, 0.05) is 5.75 Å². The summed E-state index contributed by atoms with van der Waals surface area (Å²) in [5.41, 5.74) is 5.52. The Morgan fingerprint density at radius 1 is 1.56 bits per heavy atom. The zero-order valence-electron chi connectivity index (χ0n) is 8.71. The van der Waals surface area contributed by atoms with Crippen molar-refractivity contribution in [2.24, 2.45) is 5.73 Å². The Morgan fingerprint density at radius 3 is 2.88 bits per heavy atom. The lowest BCUT2D eigenvalue weighted by atomic mass is 10.3. The fourth-order valence-corrected chi connectivity index (χ4v) is 1.93. The molecule has 0 fully saturated rings. The van der Waals surface area contributed by atoms with Gasteiger partial charge < -0.3 is 20.7 Å². The number of carbonyl (C=O) groups excluding carboxylic acids is 1. The van der Waals surface area contributed by atoms with Crippen LogP contribution in [0.1, 0.15) is 0 Å². The summed E-state index contributed by atoms with van der Waals surface area (Å²) in [6.07, 6.45) is 0. The first-order valence-corrected chi connectivity index (χ1v) is 5.51. The van der Waals surface area contributed by atoms with Crippen molar-refractivity contribution in [1.29, 1.82) is 0 Å². The number of carbonyl (C=O) groups is 1. The van der Waals surface area contributed by atoms with E-state index in [1.54, 1.807) is 0 Å². The van der Waals surface area contributed by atoms with Gasteiger partial charge in [-0.05, 0) is 18.2 Å². The number of esters is 1. The first-order valence-electron chi connectivity index (χ1n) is 4.52. The molecule has 1 rings (SSSR count). The topological polar surface area (TPSA) is 92.8 Å². The normalized spacial score (nSPS) is 12.1. The van der Waals surface area contributed by atoms with Crippen LogP contribution in [0.4, 0.5) is 0 Å². The number of phenols is 2. The van der Waals surface area contributed by atoms with E-state index in [1.165, 1.54) is 37.1 Å². The van der Waals surface area contributed by atoms with E-state index in [-0.39, 0.29) is 17.3 Å². The maximum absolute atomic E-state index is 11.0. The van der Waals surface area contributed by atoms with Gasteiger partial charge in [-0.1, -0.05) is 0 Å². The van der Waals surface area contributed by atoms with Crippen molar-refractivity contribution >= 4 is 17.7 Å². The van der Waals surface area contributed by atoms with Gasteiger partial charge in [-0.3, -0.25) is 4.79 Å². The van der Waals surface area contributed by atoms with E-state index in [1.807, 2.05) is 0 Å². The molecule has 6 heteroatoms. The Kier molecular flexibility index (Phi) is 4.45. The molecular formula is C10H13NO4S. The summed E-state index contributed by atoms with van der Waals surface area (Å²) in [6.45, 7) is 0. The molecule has 1 aromatic carbocycles. The van der Waals surface area contributed by atoms with Gasteiger partial charge >= 0.3 is 5.97 Å². The molecule has 88 valence electrons. The lowest BCUT2D eigenvalue weighted by molar-refractivity contribution is -0.141. The van der Waals surface area contributed by atoms with E-state index < -0.39 is 12.0 Å². The molecule has 0 aliphatic rings. The van der Waals surface area contributed by atoms with Gasteiger partial charge in [-0.15, -0.1) is 11.8 Å². The number of benzene rings is 1. The largest absolute Gasteiger partial charge is 0.508 e. The van der Waals surface area contributed by atoms with Crippen LogP contribution in [-0.2, 0) is 9.53 Å². The van der Waals surface area contributed by atoms with E-state index in [0.717, 1.165) is 0 Å². The lowest BCUT2D eigenvalue weighted by Gasteiger charge is -2.09. The summed E-state index contributed by atoms with van der Waals surface area (Å²) in [7, 11) is 1.26. The minimum atomic E-state index is -0.753. The molecular weight excluding hydrogens is 230 g/mol. The third-order valence-electron chi connectivity index (χ3n) is 1.87. The summed E-state index contributed by atoms with van der Waals surface area (Å²) in [4.78, 5) is 11.5. The molecule has 0 aliphatic heterocycles. The number of phenolic OH excluding ortho intramolecular Hbond substituents is 2. The quantitative estimate of drug-likeness (QED) is 0.409. The van der Waals surface area contributed by atoms with Crippen molar-refractivity contribution < 1.29 is 19.7 Å². The van der Waals surface area contributed by atoms with Crippen LogP contribution >= 0.6 is 11.8 Å². The fourth-order valence-electron chi connectivity index (χ4n) is 1.02. The van der Waals surface area contributed by atoms with Gasteiger partial charge in [0.05, 0.1) is 12.0 Å². The molecule has 0 aliphatic carbocycles. The van der Waals surface area contributed by atoms with Gasteiger partial charge in [0.1, 0.15) is 17.5 Å². The molecule has 0 aromatic heterocycles. The minimum Gasteiger partial charge on any atom is -0.508 e. The van der Waals surface area contributed by atoms with Crippen molar-refractivity contribution in [2.75, 3.05) is 12.9 Å².